The first-order valence-corrected chi connectivity index (χ1v) is 15.2. The predicted octanol–water partition coefficient (Wildman–Crippen LogP) is 3.88. The fourth-order valence-corrected chi connectivity index (χ4v) is 7.41. The number of nitrogens with one attached hydrogen (secondary N) is 1. The molecule has 0 aliphatic carbocycles. The first kappa shape index (κ1) is 28.0. The maximum absolute atomic E-state index is 15.3. The SMILES string of the molecule is CCS(=O)(=O)c1ccc(C(CO)NC(=O)c2ccc(N3C(C)Cc4cc(Cl)ccc4S3(=O)=O)c(F)c2)cc1. The number of anilines is 1. The molecule has 0 saturated carbocycles. The number of fused-ring (bicyclic) bond motifs is 1. The Morgan fingerprint density at radius 2 is 1.84 bits per heavy atom. The van der Waals surface area contributed by atoms with Crippen LogP contribution in [0.5, 0.6) is 0 Å². The minimum absolute atomic E-state index is 0.0461. The van der Waals surface area contributed by atoms with Crippen LogP contribution < -0.4 is 9.62 Å². The Morgan fingerprint density at radius 1 is 1.16 bits per heavy atom. The van der Waals surface area contributed by atoms with E-state index in [1.165, 1.54) is 55.5 Å². The van der Waals surface area contributed by atoms with Crippen molar-refractivity contribution in [3.63, 3.8) is 0 Å². The molecular weight excluding hydrogens is 555 g/mol. The van der Waals surface area contributed by atoms with Crippen molar-refractivity contribution in [1.82, 2.24) is 5.32 Å². The number of aliphatic hydroxyl groups excluding tert-OH is 1. The van der Waals surface area contributed by atoms with Gasteiger partial charge in [-0.3, -0.25) is 9.10 Å². The molecule has 1 amide bonds. The molecule has 38 heavy (non-hydrogen) atoms. The van der Waals surface area contributed by atoms with E-state index in [-0.39, 0.29) is 26.8 Å². The molecule has 1 aliphatic heterocycles. The number of rotatable bonds is 7. The van der Waals surface area contributed by atoms with E-state index in [4.69, 9.17) is 11.6 Å². The number of carbonyl (C=O) groups excluding carboxylic acids is 1. The first-order valence-electron chi connectivity index (χ1n) is 11.8. The van der Waals surface area contributed by atoms with Crippen LogP contribution in [0.25, 0.3) is 0 Å². The van der Waals surface area contributed by atoms with Crippen LogP contribution in [0.15, 0.2) is 70.5 Å². The van der Waals surface area contributed by atoms with Crippen LogP contribution in [0.1, 0.15) is 41.4 Å². The number of halogens is 2. The normalized spacial score (nSPS) is 17.5. The van der Waals surface area contributed by atoms with E-state index in [9.17, 15) is 26.7 Å². The van der Waals surface area contributed by atoms with Crippen molar-refractivity contribution in [3.05, 3.63) is 88.2 Å². The third-order valence-corrected chi connectivity index (χ3v) is 10.4. The summed E-state index contributed by atoms with van der Waals surface area (Å²) < 4.78 is 66.9. The van der Waals surface area contributed by atoms with E-state index < -0.39 is 50.3 Å². The fraction of sp³-hybridized carbons (Fsp3) is 0.269. The van der Waals surface area contributed by atoms with E-state index in [1.807, 2.05) is 0 Å². The van der Waals surface area contributed by atoms with Crippen LogP contribution in [0.3, 0.4) is 0 Å². The number of sulfonamides is 1. The zero-order chi connectivity index (χ0) is 27.8. The third kappa shape index (κ3) is 5.28. The second-order valence-corrected chi connectivity index (χ2v) is 13.5. The Hall–Kier alpha value is -2.99. The lowest BCUT2D eigenvalue weighted by molar-refractivity contribution is 0.0915. The van der Waals surface area contributed by atoms with Crippen molar-refractivity contribution in [1.29, 1.82) is 0 Å². The molecule has 3 aromatic rings. The molecule has 4 rings (SSSR count). The van der Waals surface area contributed by atoms with Crippen molar-refractivity contribution in [2.45, 2.75) is 42.1 Å². The van der Waals surface area contributed by atoms with Gasteiger partial charge >= 0.3 is 0 Å². The Labute approximate surface area is 226 Å². The Morgan fingerprint density at radius 3 is 2.45 bits per heavy atom. The fourth-order valence-electron chi connectivity index (χ4n) is 4.45. The Balaban J connectivity index is 1.57. The minimum Gasteiger partial charge on any atom is -0.394 e. The summed E-state index contributed by atoms with van der Waals surface area (Å²) in [6.45, 7) is 2.70. The largest absolute Gasteiger partial charge is 0.394 e. The summed E-state index contributed by atoms with van der Waals surface area (Å²) >= 11 is 6.01. The zero-order valence-corrected chi connectivity index (χ0v) is 22.9. The Bertz CT molecular complexity index is 1590. The number of aliphatic hydroxyl groups is 1. The maximum atomic E-state index is 15.3. The monoisotopic (exact) mass is 580 g/mol. The lowest BCUT2D eigenvalue weighted by Crippen LogP contribution is -2.44. The quantitative estimate of drug-likeness (QED) is 0.438. The summed E-state index contributed by atoms with van der Waals surface area (Å²) in [7, 11) is -7.48. The first-order chi connectivity index (χ1) is 17.9. The van der Waals surface area contributed by atoms with E-state index in [1.54, 1.807) is 13.0 Å². The van der Waals surface area contributed by atoms with Gasteiger partial charge in [-0.05, 0) is 73.0 Å². The van der Waals surface area contributed by atoms with Gasteiger partial charge in [-0.15, -0.1) is 0 Å². The van der Waals surface area contributed by atoms with Crippen LogP contribution in [-0.4, -0.2) is 46.3 Å². The molecule has 0 aromatic heterocycles. The van der Waals surface area contributed by atoms with Crippen molar-refractivity contribution in [3.8, 4) is 0 Å². The number of benzene rings is 3. The summed E-state index contributed by atoms with van der Waals surface area (Å²) in [5.74, 6) is -1.67. The van der Waals surface area contributed by atoms with Crippen LogP contribution in [-0.2, 0) is 26.3 Å². The van der Waals surface area contributed by atoms with Crippen LogP contribution in [0.4, 0.5) is 10.1 Å². The molecule has 0 bridgehead atoms. The molecule has 202 valence electrons. The lowest BCUT2D eigenvalue weighted by Gasteiger charge is -2.35. The van der Waals surface area contributed by atoms with Gasteiger partial charge in [0.15, 0.2) is 9.84 Å². The standard InChI is InChI=1S/C26H26ClFN2O6S2/c1-3-37(33,34)21-8-4-17(5-9-21)23(15-31)29-26(32)18-6-10-24(22(28)14-18)30-16(2)12-19-13-20(27)7-11-25(19)38(30,35)36/h4-11,13-14,16,23,31H,3,12,15H2,1-2H3,(H,29,32). The van der Waals surface area contributed by atoms with Crippen molar-refractivity contribution in [2.24, 2.45) is 0 Å². The molecule has 2 atom stereocenters. The van der Waals surface area contributed by atoms with Gasteiger partial charge in [0.05, 0.1) is 33.9 Å². The highest BCUT2D eigenvalue weighted by Gasteiger charge is 2.38. The van der Waals surface area contributed by atoms with Gasteiger partial charge in [0.25, 0.3) is 15.9 Å². The number of nitrogens with zero attached hydrogens (tertiary/aromatic N) is 1. The van der Waals surface area contributed by atoms with Gasteiger partial charge < -0.3 is 10.4 Å². The molecule has 1 aliphatic rings. The van der Waals surface area contributed by atoms with Gasteiger partial charge in [-0.2, -0.15) is 0 Å². The van der Waals surface area contributed by atoms with Crippen LogP contribution in [0.2, 0.25) is 5.02 Å². The zero-order valence-electron chi connectivity index (χ0n) is 20.6. The smallest absolute Gasteiger partial charge is 0.264 e. The van der Waals surface area contributed by atoms with Gasteiger partial charge in [-0.25, -0.2) is 21.2 Å². The average Bonchev–Trinajstić information content (AvgIpc) is 2.87. The van der Waals surface area contributed by atoms with E-state index in [2.05, 4.69) is 5.32 Å². The van der Waals surface area contributed by atoms with E-state index in [0.717, 1.165) is 10.4 Å². The molecule has 8 nitrogen and oxygen atoms in total. The molecular formula is C26H26ClFN2O6S2. The molecule has 2 N–H and O–H groups in total. The van der Waals surface area contributed by atoms with E-state index in [0.29, 0.717) is 22.6 Å². The molecule has 12 heteroatoms. The molecule has 0 radical (unpaired) electrons. The summed E-state index contributed by atoms with van der Waals surface area (Å²) in [6, 6.07) is 12.2. The Kier molecular flexibility index (Phi) is 7.85. The highest BCUT2D eigenvalue weighted by molar-refractivity contribution is 7.93. The summed E-state index contributed by atoms with van der Waals surface area (Å²) in [4.78, 5) is 13.0. The highest BCUT2D eigenvalue weighted by Crippen LogP contribution is 2.36. The van der Waals surface area contributed by atoms with Crippen molar-refractivity contribution in [2.75, 3.05) is 16.7 Å². The number of hydrogen-bond donors (Lipinski definition) is 2. The molecule has 3 aromatic carbocycles. The molecule has 2 unspecified atom stereocenters. The van der Waals surface area contributed by atoms with Gasteiger partial charge in [-0.1, -0.05) is 30.7 Å². The predicted molar refractivity (Wildman–Crippen MR) is 142 cm³/mol. The van der Waals surface area contributed by atoms with Gasteiger partial charge in [0.2, 0.25) is 0 Å². The molecule has 0 spiro atoms. The number of amides is 1. The number of carbonyl (C=O) groups is 1. The summed E-state index contributed by atoms with van der Waals surface area (Å²) in [5, 5.41) is 12.8. The average molecular weight is 581 g/mol. The van der Waals surface area contributed by atoms with Gasteiger partial charge in [0, 0.05) is 16.6 Å². The third-order valence-electron chi connectivity index (χ3n) is 6.43. The van der Waals surface area contributed by atoms with Crippen LogP contribution in [0, 0.1) is 5.82 Å². The van der Waals surface area contributed by atoms with Crippen LogP contribution >= 0.6 is 11.6 Å². The van der Waals surface area contributed by atoms with Gasteiger partial charge in [0.1, 0.15) is 5.82 Å². The van der Waals surface area contributed by atoms with Crippen molar-refractivity contribution < 1.29 is 31.1 Å². The number of hydrogen-bond acceptors (Lipinski definition) is 6. The molecule has 0 saturated heterocycles. The minimum atomic E-state index is -4.07. The second-order valence-electron chi connectivity index (χ2n) is 8.95. The molecule has 0 fully saturated rings. The van der Waals surface area contributed by atoms with E-state index >= 15 is 4.39 Å². The van der Waals surface area contributed by atoms with Crippen molar-refractivity contribution >= 4 is 43.1 Å². The second kappa shape index (κ2) is 10.6. The summed E-state index contributed by atoms with van der Waals surface area (Å²) in [6.07, 6.45) is 0.327. The number of sulfone groups is 1. The summed E-state index contributed by atoms with van der Waals surface area (Å²) in [5.41, 5.74) is 0.734. The molecule has 1 heterocycles. The maximum Gasteiger partial charge on any atom is 0.264 e. The highest BCUT2D eigenvalue weighted by atomic mass is 35.5. The lowest BCUT2D eigenvalue weighted by atomic mass is 10.1. The topological polar surface area (TPSA) is 121 Å².